The van der Waals surface area contributed by atoms with Gasteiger partial charge in [0.05, 0.1) is 0 Å². The molecule has 0 aliphatic rings. The van der Waals surface area contributed by atoms with Gasteiger partial charge in [-0.15, -0.1) is 0 Å². The minimum Gasteiger partial charge on any atom is 0 e. The summed E-state index contributed by atoms with van der Waals surface area (Å²) in [7, 11) is 0. The van der Waals surface area contributed by atoms with Crippen molar-refractivity contribution in [3.63, 3.8) is 0 Å². The average Bonchev–Trinajstić information content (AvgIpc) is 0.918. The standard InChI is InChI=1S/2O.Sm.Ti. The molecule has 0 atom stereocenters. The second-order valence-corrected chi connectivity index (χ2v) is 0.344. The predicted molar refractivity (Wildman–Crippen MR) is 1.37 cm³/mol. The average molecular weight is 230 g/mol. The fourth-order valence-electron chi connectivity index (χ4n) is 0. The van der Waals surface area contributed by atoms with Crippen LogP contribution in [0.3, 0.4) is 0 Å². The van der Waals surface area contributed by atoms with E-state index in [2.05, 4.69) is 0 Å². The molecule has 0 aromatic rings. The van der Waals surface area contributed by atoms with Crippen molar-refractivity contribution < 1.29 is 66.1 Å². The van der Waals surface area contributed by atoms with Gasteiger partial charge in [0, 0.05) is 40.4 Å². The Morgan fingerprint density at radius 1 is 1.25 bits per heavy atom. The second kappa shape index (κ2) is 8.82. The van der Waals surface area contributed by atoms with E-state index in [0.29, 0.717) is 0 Å². The van der Waals surface area contributed by atoms with Gasteiger partial charge in [-0.2, -0.15) is 0 Å². The van der Waals surface area contributed by atoms with Gasteiger partial charge in [-0.3, -0.25) is 0 Å². The molecule has 0 fully saturated rings. The Bertz CT molecular complexity index is 27.0. The minimum atomic E-state index is -2.00. The van der Waals surface area contributed by atoms with Crippen LogP contribution in [0.15, 0.2) is 0 Å². The van der Waals surface area contributed by atoms with Gasteiger partial charge in [0.15, 0.2) is 0 Å². The zero-order chi connectivity index (χ0) is 2.71. The summed E-state index contributed by atoms with van der Waals surface area (Å²) >= 11 is -2.00. The summed E-state index contributed by atoms with van der Waals surface area (Å²) < 4.78 is 17.0. The van der Waals surface area contributed by atoms with Crippen molar-refractivity contribution in [2.75, 3.05) is 0 Å². The van der Waals surface area contributed by atoms with Crippen molar-refractivity contribution in [2.24, 2.45) is 0 Å². The molecule has 0 rings (SSSR count). The third-order valence-electron chi connectivity index (χ3n) is 0. The molecular weight excluding hydrogens is 230 g/mol. The summed E-state index contributed by atoms with van der Waals surface area (Å²) in [6.45, 7) is 0. The Labute approximate surface area is 65.0 Å². The first kappa shape index (κ1) is 9.17. The molecule has 4 heteroatoms. The first-order valence-corrected chi connectivity index (χ1v) is 1.68. The van der Waals surface area contributed by atoms with Crippen LogP contribution >= 0.6 is 0 Å². The zero-order valence-corrected chi connectivity index (χ0v) is 5.91. The summed E-state index contributed by atoms with van der Waals surface area (Å²) in [5, 5.41) is 0. The van der Waals surface area contributed by atoms with Crippen LogP contribution in [0.5, 0.6) is 0 Å². The van der Waals surface area contributed by atoms with E-state index in [1.165, 1.54) is 0 Å². The van der Waals surface area contributed by atoms with Crippen molar-refractivity contribution in [2.45, 2.75) is 0 Å². The maximum absolute atomic E-state index is 8.50. The maximum atomic E-state index is 8.50. The molecule has 0 amide bonds. The molecule has 2 nitrogen and oxygen atoms in total. The number of hydrogen-bond donors (Lipinski definition) is 0. The Hall–Kier alpha value is 1.65. The Morgan fingerprint density at radius 3 is 1.25 bits per heavy atom. The van der Waals surface area contributed by atoms with Crippen LogP contribution in [0.4, 0.5) is 0 Å². The van der Waals surface area contributed by atoms with Crippen molar-refractivity contribution in [3.05, 3.63) is 0 Å². The molecule has 0 heterocycles. The van der Waals surface area contributed by atoms with Crippen LogP contribution in [0.1, 0.15) is 0 Å². The van der Waals surface area contributed by atoms with E-state index < -0.39 is 19.1 Å². The monoisotopic (exact) mass is 232 g/mol. The van der Waals surface area contributed by atoms with E-state index in [0.717, 1.165) is 0 Å². The SMILES string of the molecule is [O]=[Ti]=[O].[Sm]. The summed E-state index contributed by atoms with van der Waals surface area (Å²) in [6, 6.07) is 0. The van der Waals surface area contributed by atoms with Gasteiger partial charge >= 0.3 is 25.7 Å². The molecule has 0 spiro atoms. The molecule has 0 saturated carbocycles. The van der Waals surface area contributed by atoms with Gasteiger partial charge in [-0.1, -0.05) is 0 Å². The van der Waals surface area contributed by atoms with E-state index in [-0.39, 0.29) is 40.4 Å². The Morgan fingerprint density at radius 2 is 1.25 bits per heavy atom. The summed E-state index contributed by atoms with van der Waals surface area (Å²) in [5.74, 6) is 0. The van der Waals surface area contributed by atoms with Crippen LogP contribution in [-0.2, 0) is 25.7 Å². The molecule has 0 aromatic heterocycles. The normalized spacial score (nSPS) is 2.00. The smallest absolute Gasteiger partial charge is 0 e. The molecule has 0 saturated heterocycles. The minimum absolute atomic E-state index is 0. The van der Waals surface area contributed by atoms with E-state index in [1.54, 1.807) is 0 Å². The summed E-state index contributed by atoms with van der Waals surface area (Å²) in [6.07, 6.45) is 0. The predicted octanol–water partition coefficient (Wildman–Crippen LogP) is -0.240. The fourth-order valence-corrected chi connectivity index (χ4v) is 0. The first-order chi connectivity index (χ1) is 1.41. The van der Waals surface area contributed by atoms with E-state index in [9.17, 15) is 0 Å². The summed E-state index contributed by atoms with van der Waals surface area (Å²) in [4.78, 5) is 0. The molecule has 0 radical (unpaired) electrons. The molecule has 22 valence electrons. The number of rotatable bonds is 0. The van der Waals surface area contributed by atoms with Gasteiger partial charge in [0.1, 0.15) is 0 Å². The molecule has 0 aliphatic heterocycles. The quantitative estimate of drug-likeness (QED) is 0.538. The number of hydrogen-bond acceptors (Lipinski definition) is 2. The van der Waals surface area contributed by atoms with Crippen LogP contribution in [-0.4, -0.2) is 0 Å². The first-order valence-electron chi connectivity index (χ1n) is 0.408. The van der Waals surface area contributed by atoms with Gasteiger partial charge in [0.2, 0.25) is 0 Å². The molecule has 0 unspecified atom stereocenters. The van der Waals surface area contributed by atoms with E-state index in [4.69, 9.17) is 6.65 Å². The van der Waals surface area contributed by atoms with Crippen molar-refractivity contribution in [3.8, 4) is 0 Å². The zero-order valence-electron chi connectivity index (χ0n) is 1.72. The maximum Gasteiger partial charge on any atom is 0 e. The molecule has 4 heavy (non-hydrogen) atoms. The molecule has 0 bridgehead atoms. The largest absolute Gasteiger partial charge is 0 e. The fraction of sp³-hybridized carbons (Fsp3) is 0. The van der Waals surface area contributed by atoms with Gasteiger partial charge in [-0.25, -0.2) is 0 Å². The Balaban J connectivity index is 0. The van der Waals surface area contributed by atoms with E-state index >= 15 is 0 Å². The van der Waals surface area contributed by atoms with Crippen LogP contribution < -0.4 is 0 Å². The second-order valence-electron chi connectivity index (χ2n) is 0.0833. The van der Waals surface area contributed by atoms with Crippen molar-refractivity contribution in [1.82, 2.24) is 0 Å². The molecule has 0 aromatic carbocycles. The molecule has 0 N–H and O–H groups in total. The summed E-state index contributed by atoms with van der Waals surface area (Å²) in [5.41, 5.74) is 0. The van der Waals surface area contributed by atoms with Crippen LogP contribution in [0.2, 0.25) is 0 Å². The van der Waals surface area contributed by atoms with Gasteiger partial charge in [0.25, 0.3) is 0 Å². The van der Waals surface area contributed by atoms with Crippen LogP contribution in [0, 0.1) is 40.4 Å². The van der Waals surface area contributed by atoms with Gasteiger partial charge < -0.3 is 0 Å². The van der Waals surface area contributed by atoms with Crippen LogP contribution in [0.25, 0.3) is 0 Å². The third-order valence-corrected chi connectivity index (χ3v) is 0. The Kier molecular flexibility index (Phi) is 20.2. The molecule has 0 aliphatic carbocycles. The van der Waals surface area contributed by atoms with Gasteiger partial charge in [-0.05, 0) is 0 Å². The van der Waals surface area contributed by atoms with Crippen molar-refractivity contribution in [1.29, 1.82) is 0 Å². The van der Waals surface area contributed by atoms with E-state index in [1.807, 2.05) is 0 Å². The van der Waals surface area contributed by atoms with Crippen molar-refractivity contribution >= 4 is 0 Å². The third kappa shape index (κ3) is 9.41. The molecular formula is O2SmTi. The topological polar surface area (TPSA) is 34.1 Å².